The molecule has 0 saturated carbocycles. The number of ketones is 1. The van der Waals surface area contributed by atoms with Gasteiger partial charge >= 0.3 is 0 Å². The third-order valence-corrected chi connectivity index (χ3v) is 6.69. The first kappa shape index (κ1) is 19.0. The van der Waals surface area contributed by atoms with E-state index in [2.05, 4.69) is 27.0 Å². The zero-order valence-corrected chi connectivity index (χ0v) is 18.4. The van der Waals surface area contributed by atoms with Gasteiger partial charge in [0, 0.05) is 40.8 Å². The highest BCUT2D eigenvalue weighted by molar-refractivity contribution is 9.10. The van der Waals surface area contributed by atoms with Gasteiger partial charge in [0.25, 0.3) is 0 Å². The summed E-state index contributed by atoms with van der Waals surface area (Å²) in [6.07, 6.45) is 7.67. The van der Waals surface area contributed by atoms with Gasteiger partial charge in [-0.1, -0.05) is 0 Å². The molecule has 148 valence electrons. The zero-order valence-electron chi connectivity index (χ0n) is 16.0. The van der Waals surface area contributed by atoms with Gasteiger partial charge in [-0.15, -0.1) is 0 Å². The van der Waals surface area contributed by atoms with Crippen molar-refractivity contribution in [3.05, 3.63) is 86.6 Å². The summed E-state index contributed by atoms with van der Waals surface area (Å²) < 4.78 is 2.82. The number of carbonyl (C=O) groups is 1. The Morgan fingerprint density at radius 2 is 2.03 bits per heavy atom. The Morgan fingerprint density at radius 3 is 2.70 bits per heavy atom. The lowest BCUT2D eigenvalue weighted by Gasteiger charge is -2.40. The molecule has 2 aliphatic rings. The van der Waals surface area contributed by atoms with Gasteiger partial charge in [-0.05, 0) is 75.4 Å². The van der Waals surface area contributed by atoms with Crippen molar-refractivity contribution in [2.45, 2.75) is 25.2 Å². The highest BCUT2D eigenvalue weighted by atomic mass is 79.9. The number of nitriles is 1. The molecule has 0 unspecified atom stereocenters. The van der Waals surface area contributed by atoms with Gasteiger partial charge in [0.2, 0.25) is 0 Å². The van der Waals surface area contributed by atoms with Gasteiger partial charge in [-0.2, -0.15) is 16.6 Å². The maximum Gasteiger partial charge on any atom is 0.161 e. The van der Waals surface area contributed by atoms with Crippen molar-refractivity contribution >= 4 is 44.7 Å². The van der Waals surface area contributed by atoms with E-state index in [4.69, 9.17) is 0 Å². The molecule has 1 aliphatic carbocycles. The van der Waals surface area contributed by atoms with Gasteiger partial charge in [0.05, 0.1) is 17.6 Å². The number of hydrogen-bond acceptors (Lipinski definition) is 5. The largest absolute Gasteiger partial charge is 0.309 e. The van der Waals surface area contributed by atoms with Crippen molar-refractivity contribution in [2.75, 3.05) is 4.90 Å². The molecule has 0 bridgehead atoms. The molecule has 5 rings (SSSR count). The van der Waals surface area contributed by atoms with E-state index >= 15 is 0 Å². The first-order valence-electron chi connectivity index (χ1n) is 9.66. The van der Waals surface area contributed by atoms with Crippen LogP contribution in [0, 0.1) is 11.3 Å². The van der Waals surface area contributed by atoms with Crippen molar-refractivity contribution in [3.8, 4) is 6.07 Å². The van der Waals surface area contributed by atoms with E-state index in [9.17, 15) is 10.1 Å². The summed E-state index contributed by atoms with van der Waals surface area (Å²) >= 11 is 5.03. The van der Waals surface area contributed by atoms with Crippen LogP contribution in [0.1, 0.15) is 30.7 Å². The third kappa shape index (κ3) is 3.04. The Bertz CT molecular complexity index is 1200. The fourth-order valence-electron chi connectivity index (χ4n) is 4.29. The van der Waals surface area contributed by atoms with Crippen molar-refractivity contribution in [3.63, 3.8) is 0 Å². The Balaban J connectivity index is 1.84. The van der Waals surface area contributed by atoms with Crippen LogP contribution in [0.25, 0.3) is 5.82 Å². The van der Waals surface area contributed by atoms with E-state index in [0.29, 0.717) is 17.8 Å². The summed E-state index contributed by atoms with van der Waals surface area (Å²) in [6, 6.07) is 12.2. The van der Waals surface area contributed by atoms with Crippen LogP contribution in [-0.4, -0.2) is 15.3 Å². The predicted octanol–water partition coefficient (Wildman–Crippen LogP) is 5.71. The van der Waals surface area contributed by atoms with Crippen molar-refractivity contribution in [1.82, 2.24) is 9.55 Å². The van der Waals surface area contributed by atoms with Crippen LogP contribution in [-0.2, 0) is 4.79 Å². The standard InChI is InChI=1S/C23H17BrN4OS/c24-16-6-7-20(26-13-16)28-18-4-3-5-19(29)22(18)21(15-8-11-30-14-15)17(12-25)23(28)27-9-1-2-10-27/h1-2,6-11,13-14,21H,3-5H2/t21-/m0/s1. The molecule has 3 aromatic heterocycles. The third-order valence-electron chi connectivity index (χ3n) is 5.52. The van der Waals surface area contributed by atoms with E-state index < -0.39 is 0 Å². The Kier molecular flexibility index (Phi) is 4.89. The lowest BCUT2D eigenvalue weighted by Crippen LogP contribution is -2.37. The van der Waals surface area contributed by atoms with Gasteiger partial charge in [0.15, 0.2) is 5.78 Å². The minimum absolute atomic E-state index is 0.119. The number of anilines is 1. The summed E-state index contributed by atoms with van der Waals surface area (Å²) in [7, 11) is 0. The topological polar surface area (TPSA) is 61.9 Å². The Labute approximate surface area is 186 Å². The number of pyridine rings is 1. The quantitative estimate of drug-likeness (QED) is 0.485. The van der Waals surface area contributed by atoms with E-state index in [1.807, 2.05) is 63.0 Å². The van der Waals surface area contributed by atoms with Crippen LogP contribution >= 0.6 is 27.3 Å². The molecule has 4 heterocycles. The number of carbonyl (C=O) groups excluding carboxylic acids is 1. The van der Waals surface area contributed by atoms with Crippen LogP contribution in [0.4, 0.5) is 5.82 Å². The lowest BCUT2D eigenvalue weighted by atomic mass is 9.76. The minimum atomic E-state index is -0.354. The molecular weight excluding hydrogens is 460 g/mol. The summed E-state index contributed by atoms with van der Waals surface area (Å²) in [5, 5.41) is 14.3. The molecule has 3 aromatic rings. The smallest absolute Gasteiger partial charge is 0.161 e. The van der Waals surface area contributed by atoms with E-state index in [0.717, 1.165) is 40.0 Å². The fourth-order valence-corrected chi connectivity index (χ4v) is 5.21. The average molecular weight is 477 g/mol. The molecule has 0 fully saturated rings. The molecule has 0 radical (unpaired) electrons. The summed E-state index contributed by atoms with van der Waals surface area (Å²) in [6.45, 7) is 0. The molecule has 5 nitrogen and oxygen atoms in total. The molecule has 7 heteroatoms. The highest BCUT2D eigenvalue weighted by Gasteiger charge is 2.42. The molecule has 0 amide bonds. The number of Topliss-reactive ketones (excluding diaryl/α,β-unsaturated/α-hetero) is 1. The van der Waals surface area contributed by atoms with Crippen LogP contribution in [0.2, 0.25) is 0 Å². The first-order valence-corrected chi connectivity index (χ1v) is 11.4. The lowest BCUT2D eigenvalue weighted by molar-refractivity contribution is -0.116. The first-order chi connectivity index (χ1) is 14.7. The number of thiophene rings is 1. The number of hydrogen-bond donors (Lipinski definition) is 0. The zero-order chi connectivity index (χ0) is 20.7. The van der Waals surface area contributed by atoms with Gasteiger partial charge in [-0.3, -0.25) is 9.69 Å². The molecule has 0 N–H and O–H groups in total. The maximum absolute atomic E-state index is 13.2. The van der Waals surface area contributed by atoms with Crippen LogP contribution < -0.4 is 4.90 Å². The Morgan fingerprint density at radius 1 is 1.20 bits per heavy atom. The van der Waals surface area contributed by atoms with Gasteiger partial charge < -0.3 is 4.57 Å². The molecular formula is C23H17BrN4OS. The number of rotatable bonds is 3. The minimum Gasteiger partial charge on any atom is -0.309 e. The van der Waals surface area contributed by atoms with Crippen LogP contribution in [0.5, 0.6) is 0 Å². The van der Waals surface area contributed by atoms with Gasteiger partial charge in [-0.25, -0.2) is 4.98 Å². The van der Waals surface area contributed by atoms with Crippen LogP contribution in [0.3, 0.4) is 0 Å². The second kappa shape index (κ2) is 7.71. The fraction of sp³-hybridized carbons (Fsp3) is 0.174. The van der Waals surface area contributed by atoms with Crippen molar-refractivity contribution in [1.29, 1.82) is 5.26 Å². The molecule has 1 aliphatic heterocycles. The Hall–Kier alpha value is -2.95. The van der Waals surface area contributed by atoms with E-state index in [1.165, 1.54) is 0 Å². The second-order valence-electron chi connectivity index (χ2n) is 7.24. The summed E-state index contributed by atoms with van der Waals surface area (Å²) in [5.74, 6) is 1.20. The monoisotopic (exact) mass is 476 g/mol. The van der Waals surface area contributed by atoms with E-state index in [1.54, 1.807) is 17.5 Å². The summed E-state index contributed by atoms with van der Waals surface area (Å²) in [5.41, 5.74) is 3.23. The highest BCUT2D eigenvalue weighted by Crippen LogP contribution is 2.48. The number of halogens is 1. The molecule has 0 spiro atoms. The predicted molar refractivity (Wildman–Crippen MR) is 121 cm³/mol. The second-order valence-corrected chi connectivity index (χ2v) is 8.93. The SMILES string of the molecule is N#CC1=C(n2cccc2)N(c2ccc(Br)cn2)C2=C(C(=O)CCC2)[C@H]1c1ccsc1. The van der Waals surface area contributed by atoms with Gasteiger partial charge in [0.1, 0.15) is 11.6 Å². The number of nitrogens with zero attached hydrogens (tertiary/aromatic N) is 4. The van der Waals surface area contributed by atoms with E-state index in [-0.39, 0.29) is 11.7 Å². The maximum atomic E-state index is 13.2. The normalized spacial score (nSPS) is 19.1. The summed E-state index contributed by atoms with van der Waals surface area (Å²) in [4.78, 5) is 19.8. The van der Waals surface area contributed by atoms with Crippen molar-refractivity contribution < 1.29 is 4.79 Å². The molecule has 0 aromatic carbocycles. The number of allylic oxidation sites excluding steroid dienone is 3. The van der Waals surface area contributed by atoms with Crippen LogP contribution in [0.15, 0.2) is 81.0 Å². The number of aromatic nitrogens is 2. The molecule has 0 saturated heterocycles. The average Bonchev–Trinajstić information content (AvgIpc) is 3.47. The van der Waals surface area contributed by atoms with Crippen molar-refractivity contribution in [2.24, 2.45) is 0 Å². The molecule has 30 heavy (non-hydrogen) atoms. The molecule has 1 atom stereocenters.